The van der Waals surface area contributed by atoms with Crippen LogP contribution in [-0.4, -0.2) is 29.0 Å². The van der Waals surface area contributed by atoms with Gasteiger partial charge < -0.3 is 14.7 Å². The number of phenols is 2. The number of carbonyl (C=O) groups is 1. The van der Waals surface area contributed by atoms with Crippen LogP contribution in [0.3, 0.4) is 0 Å². The molecule has 2 aromatic rings. The van der Waals surface area contributed by atoms with Crippen LogP contribution in [0.25, 0.3) is 12.2 Å². The summed E-state index contributed by atoms with van der Waals surface area (Å²) in [6, 6.07) is 12.6. The molecule has 5 heteroatoms. The van der Waals surface area contributed by atoms with E-state index in [1.54, 1.807) is 12.1 Å². The van der Waals surface area contributed by atoms with Crippen molar-refractivity contribution in [1.29, 1.82) is 0 Å². The Bertz CT molecular complexity index is 710. The maximum atomic E-state index is 12.0. The molecule has 0 radical (unpaired) electrons. The van der Waals surface area contributed by atoms with Crippen molar-refractivity contribution in [3.05, 3.63) is 59.2 Å². The van der Waals surface area contributed by atoms with Gasteiger partial charge in [-0.05, 0) is 18.3 Å². The summed E-state index contributed by atoms with van der Waals surface area (Å²) in [6.07, 6.45) is 4.23. The molecule has 23 heavy (non-hydrogen) atoms. The van der Waals surface area contributed by atoms with E-state index in [1.807, 2.05) is 50.0 Å². The molecule has 0 spiro atoms. The van der Waals surface area contributed by atoms with Crippen LogP contribution < -0.4 is 0 Å². The molecule has 0 saturated carbocycles. The quantitative estimate of drug-likeness (QED) is 0.482. The molecule has 0 saturated heterocycles. The average Bonchev–Trinajstić information content (AvgIpc) is 2.56. The van der Waals surface area contributed by atoms with E-state index in [4.69, 9.17) is 4.52 Å². The maximum Gasteiger partial charge on any atom is 0.344 e. The predicted octanol–water partition coefficient (Wildman–Crippen LogP) is 4.47. The fourth-order valence-electron chi connectivity index (χ4n) is 1.90. The van der Waals surface area contributed by atoms with Crippen LogP contribution in [0.2, 0.25) is 0 Å². The highest BCUT2D eigenvalue weighted by molar-refractivity contribution is 7.52. The largest absolute Gasteiger partial charge is 0.504 e. The Balaban J connectivity index is 2.24. The van der Waals surface area contributed by atoms with E-state index in [2.05, 4.69) is 0 Å². The molecule has 2 aromatic carbocycles. The van der Waals surface area contributed by atoms with Crippen LogP contribution in [-0.2, 0) is 4.52 Å². The molecular formula is C18H19O4P. The molecule has 0 aliphatic carbocycles. The van der Waals surface area contributed by atoms with Crippen molar-refractivity contribution < 1.29 is 19.5 Å². The lowest BCUT2D eigenvalue weighted by Gasteiger charge is -2.12. The lowest BCUT2D eigenvalue weighted by atomic mass is 10.1. The highest BCUT2D eigenvalue weighted by Gasteiger charge is 2.19. The molecule has 0 aliphatic rings. The number of hydrogen-bond donors (Lipinski definition) is 2. The molecule has 0 heterocycles. The van der Waals surface area contributed by atoms with E-state index in [9.17, 15) is 15.0 Å². The molecule has 2 rings (SSSR count). The number of hydrogen-bond acceptors (Lipinski definition) is 4. The summed E-state index contributed by atoms with van der Waals surface area (Å²) >= 11 is 0. The summed E-state index contributed by atoms with van der Waals surface area (Å²) in [5, 5.41) is 20.1. The molecule has 0 aromatic heterocycles. The second kappa shape index (κ2) is 7.80. The smallest absolute Gasteiger partial charge is 0.344 e. The highest BCUT2D eigenvalue weighted by Crippen LogP contribution is 2.38. The van der Waals surface area contributed by atoms with Crippen molar-refractivity contribution in [2.24, 2.45) is 0 Å². The minimum absolute atomic E-state index is 0.0258. The van der Waals surface area contributed by atoms with Crippen molar-refractivity contribution in [2.75, 3.05) is 12.8 Å². The topological polar surface area (TPSA) is 66.8 Å². The number of rotatable bonds is 5. The van der Waals surface area contributed by atoms with E-state index >= 15 is 0 Å². The van der Waals surface area contributed by atoms with Gasteiger partial charge in [-0.25, -0.2) is 4.79 Å². The molecule has 1 unspecified atom stereocenters. The summed E-state index contributed by atoms with van der Waals surface area (Å²) in [4.78, 5) is 12.0. The fraction of sp³-hybridized carbons (Fsp3) is 0.167. The Hall–Kier alpha value is -2.32. The van der Waals surface area contributed by atoms with Gasteiger partial charge in [0.2, 0.25) is 0 Å². The van der Waals surface area contributed by atoms with Gasteiger partial charge >= 0.3 is 5.97 Å². The molecule has 120 valence electrons. The normalized spacial score (nSPS) is 12.3. The van der Waals surface area contributed by atoms with E-state index in [1.165, 1.54) is 6.07 Å². The van der Waals surface area contributed by atoms with Gasteiger partial charge in [0.15, 0.2) is 11.5 Å². The average molecular weight is 330 g/mol. The van der Waals surface area contributed by atoms with Gasteiger partial charge in [0, 0.05) is 11.7 Å². The zero-order chi connectivity index (χ0) is 16.8. The lowest BCUT2D eigenvalue weighted by molar-refractivity contribution is 0.0752. The van der Waals surface area contributed by atoms with Gasteiger partial charge in [-0.3, -0.25) is 0 Å². The van der Waals surface area contributed by atoms with E-state index in [-0.39, 0.29) is 11.3 Å². The minimum Gasteiger partial charge on any atom is -0.504 e. The Labute approximate surface area is 136 Å². The number of aromatic hydroxyl groups is 2. The summed E-state index contributed by atoms with van der Waals surface area (Å²) in [7, 11) is -0.864. The SMILES string of the molecule is CCP(C)OC(=O)c1ccc(/C=C/c2ccccc2)c(O)c1O. The Morgan fingerprint density at radius 3 is 2.43 bits per heavy atom. The third kappa shape index (κ3) is 4.33. The predicted molar refractivity (Wildman–Crippen MR) is 93.9 cm³/mol. The standard InChI is InChI=1S/C18H19O4P/c1-3-23(2)22-18(21)15-12-11-14(16(19)17(15)20)10-9-13-7-5-4-6-8-13/h4-12,19-20H,3H2,1-2H3/b10-9+. The van der Waals surface area contributed by atoms with Gasteiger partial charge in [0.1, 0.15) is 5.56 Å². The summed E-state index contributed by atoms with van der Waals surface area (Å²) < 4.78 is 5.23. The monoisotopic (exact) mass is 330 g/mol. The number of phenolic OH excluding ortho intramolecular Hbond substituents is 2. The van der Waals surface area contributed by atoms with Crippen molar-refractivity contribution in [3.63, 3.8) is 0 Å². The Morgan fingerprint density at radius 1 is 1.09 bits per heavy atom. The first-order chi connectivity index (χ1) is 11.0. The Morgan fingerprint density at radius 2 is 1.78 bits per heavy atom. The molecule has 2 N–H and O–H groups in total. The first-order valence-electron chi connectivity index (χ1n) is 7.24. The van der Waals surface area contributed by atoms with Crippen LogP contribution in [0.4, 0.5) is 0 Å². The van der Waals surface area contributed by atoms with Gasteiger partial charge in [0.05, 0.1) is 8.15 Å². The van der Waals surface area contributed by atoms with Crippen LogP contribution in [0.1, 0.15) is 28.4 Å². The zero-order valence-corrected chi connectivity index (χ0v) is 14.0. The highest BCUT2D eigenvalue weighted by atomic mass is 31.1. The molecule has 0 aliphatic heterocycles. The van der Waals surface area contributed by atoms with E-state index < -0.39 is 19.9 Å². The third-order valence-electron chi connectivity index (χ3n) is 3.34. The molecule has 0 bridgehead atoms. The zero-order valence-electron chi connectivity index (χ0n) is 13.1. The van der Waals surface area contributed by atoms with Crippen LogP contribution in [0.15, 0.2) is 42.5 Å². The number of carbonyl (C=O) groups excluding carboxylic acids is 1. The van der Waals surface area contributed by atoms with E-state index in [0.29, 0.717) is 5.56 Å². The van der Waals surface area contributed by atoms with Crippen molar-refractivity contribution >= 4 is 26.3 Å². The summed E-state index contributed by atoms with van der Waals surface area (Å²) in [5.41, 5.74) is 1.37. The molecule has 1 atom stereocenters. The third-order valence-corrected chi connectivity index (χ3v) is 4.71. The van der Waals surface area contributed by atoms with Crippen LogP contribution >= 0.6 is 8.15 Å². The Kier molecular flexibility index (Phi) is 5.78. The molecule has 0 fully saturated rings. The second-order valence-corrected chi connectivity index (χ2v) is 7.04. The van der Waals surface area contributed by atoms with Crippen LogP contribution in [0.5, 0.6) is 11.5 Å². The first kappa shape index (κ1) is 17.0. The van der Waals surface area contributed by atoms with Gasteiger partial charge in [-0.15, -0.1) is 0 Å². The van der Waals surface area contributed by atoms with Gasteiger partial charge in [0.25, 0.3) is 0 Å². The van der Waals surface area contributed by atoms with Crippen molar-refractivity contribution in [1.82, 2.24) is 0 Å². The van der Waals surface area contributed by atoms with E-state index in [0.717, 1.165) is 11.7 Å². The van der Waals surface area contributed by atoms with Gasteiger partial charge in [-0.2, -0.15) is 0 Å². The van der Waals surface area contributed by atoms with Crippen molar-refractivity contribution in [2.45, 2.75) is 6.92 Å². The molecular weight excluding hydrogens is 311 g/mol. The van der Waals surface area contributed by atoms with Crippen molar-refractivity contribution in [3.8, 4) is 11.5 Å². The molecule has 4 nitrogen and oxygen atoms in total. The first-order valence-corrected chi connectivity index (χ1v) is 9.13. The number of benzene rings is 2. The maximum absolute atomic E-state index is 12.0. The molecule has 0 amide bonds. The minimum atomic E-state index is -0.864. The summed E-state index contributed by atoms with van der Waals surface area (Å²) in [6.45, 7) is 3.76. The lowest BCUT2D eigenvalue weighted by Crippen LogP contribution is -2.02. The van der Waals surface area contributed by atoms with Gasteiger partial charge in [-0.1, -0.05) is 55.5 Å². The van der Waals surface area contributed by atoms with Crippen LogP contribution in [0, 0.1) is 0 Å². The fourth-order valence-corrected chi connectivity index (χ4v) is 2.41. The second-order valence-electron chi connectivity index (χ2n) is 4.97. The summed E-state index contributed by atoms with van der Waals surface area (Å²) in [5.74, 6) is -1.40.